The van der Waals surface area contributed by atoms with Crippen LogP contribution in [0.25, 0.3) is 0 Å². The molecule has 2 heterocycles. The van der Waals surface area contributed by atoms with E-state index in [1.165, 1.54) is 0 Å². The number of amides is 4. The third kappa shape index (κ3) is 4.31. The van der Waals surface area contributed by atoms with Crippen LogP contribution in [-0.4, -0.2) is 52.2 Å². The summed E-state index contributed by atoms with van der Waals surface area (Å²) in [5, 5.41) is 8.74. The Morgan fingerprint density at radius 2 is 2.23 bits per heavy atom. The molecule has 0 spiro atoms. The van der Waals surface area contributed by atoms with E-state index in [0.717, 1.165) is 18.4 Å². The molecule has 1 fully saturated rings. The fourth-order valence-corrected chi connectivity index (χ4v) is 2.37. The van der Waals surface area contributed by atoms with Gasteiger partial charge in [0.15, 0.2) is 0 Å². The Labute approximate surface area is 128 Å². The second-order valence-corrected chi connectivity index (χ2v) is 5.50. The number of nitrogens with zero attached hydrogens (tertiary/aromatic N) is 3. The van der Waals surface area contributed by atoms with Crippen LogP contribution in [0.4, 0.5) is 4.79 Å². The number of nitrogens with one attached hydrogen (secondary N) is 2. The van der Waals surface area contributed by atoms with Crippen molar-refractivity contribution in [3.63, 3.8) is 0 Å². The summed E-state index contributed by atoms with van der Waals surface area (Å²) < 4.78 is 1.76. The average Bonchev–Trinajstić information content (AvgIpc) is 3.01. The molecule has 1 aromatic rings. The van der Waals surface area contributed by atoms with Gasteiger partial charge in [-0.2, -0.15) is 5.10 Å². The van der Waals surface area contributed by atoms with Crippen LogP contribution in [0.15, 0.2) is 12.4 Å². The standard InChI is InChI=1S/C14H21N5O3/c1-18(7-3-4-10-8-15-19(2)9-10)12(20)6-5-11-13(21)17-14(22)16-11/h8-9,11H,3-7H2,1-2H3,(H2,16,17,21,22)/t11-/m0/s1. The van der Waals surface area contributed by atoms with Gasteiger partial charge in [0.25, 0.3) is 5.91 Å². The molecular weight excluding hydrogens is 286 g/mol. The largest absolute Gasteiger partial charge is 0.346 e. The van der Waals surface area contributed by atoms with E-state index in [-0.39, 0.29) is 18.2 Å². The van der Waals surface area contributed by atoms with Crippen LogP contribution >= 0.6 is 0 Å². The summed E-state index contributed by atoms with van der Waals surface area (Å²) in [7, 11) is 3.62. The van der Waals surface area contributed by atoms with Gasteiger partial charge in [-0.05, 0) is 24.8 Å². The number of aryl methyl sites for hydroxylation is 2. The highest BCUT2D eigenvalue weighted by Gasteiger charge is 2.29. The molecule has 2 N–H and O–H groups in total. The maximum absolute atomic E-state index is 12.0. The minimum atomic E-state index is -0.597. The number of aromatic nitrogens is 2. The number of rotatable bonds is 7. The highest BCUT2D eigenvalue weighted by molar-refractivity contribution is 6.04. The zero-order valence-electron chi connectivity index (χ0n) is 12.8. The summed E-state index contributed by atoms with van der Waals surface area (Å²) in [6, 6.07) is -1.09. The molecule has 8 heteroatoms. The normalized spacial score (nSPS) is 17.3. The Kier molecular flexibility index (Phi) is 5.13. The number of carbonyl (C=O) groups is 3. The van der Waals surface area contributed by atoms with E-state index < -0.39 is 12.1 Å². The molecule has 8 nitrogen and oxygen atoms in total. The summed E-state index contributed by atoms with van der Waals surface area (Å²) in [6.07, 6.45) is 6.07. The van der Waals surface area contributed by atoms with E-state index in [4.69, 9.17) is 0 Å². The zero-order valence-corrected chi connectivity index (χ0v) is 12.8. The molecule has 4 amide bonds. The molecule has 0 saturated carbocycles. The van der Waals surface area contributed by atoms with Crippen molar-refractivity contribution in [2.45, 2.75) is 31.7 Å². The van der Waals surface area contributed by atoms with Crippen molar-refractivity contribution >= 4 is 17.8 Å². The summed E-state index contributed by atoms with van der Waals surface area (Å²) in [4.78, 5) is 36.0. The van der Waals surface area contributed by atoms with Gasteiger partial charge in [-0.15, -0.1) is 0 Å². The molecule has 1 saturated heterocycles. The Hall–Kier alpha value is -2.38. The Balaban J connectivity index is 1.66. The van der Waals surface area contributed by atoms with Crippen molar-refractivity contribution < 1.29 is 14.4 Å². The van der Waals surface area contributed by atoms with Gasteiger partial charge in [0.2, 0.25) is 5.91 Å². The molecule has 22 heavy (non-hydrogen) atoms. The van der Waals surface area contributed by atoms with Crippen molar-refractivity contribution in [1.29, 1.82) is 0 Å². The average molecular weight is 307 g/mol. The molecule has 1 aliphatic heterocycles. The van der Waals surface area contributed by atoms with E-state index in [1.54, 1.807) is 16.6 Å². The Morgan fingerprint density at radius 3 is 2.82 bits per heavy atom. The van der Waals surface area contributed by atoms with Gasteiger partial charge in [-0.25, -0.2) is 4.79 Å². The minimum Gasteiger partial charge on any atom is -0.346 e. The zero-order chi connectivity index (χ0) is 16.1. The summed E-state index contributed by atoms with van der Waals surface area (Å²) in [5.41, 5.74) is 1.15. The second-order valence-electron chi connectivity index (χ2n) is 5.50. The summed E-state index contributed by atoms with van der Waals surface area (Å²) in [5.74, 6) is -0.392. The third-order valence-electron chi connectivity index (χ3n) is 3.65. The van der Waals surface area contributed by atoms with Crippen molar-refractivity contribution in [1.82, 2.24) is 25.3 Å². The maximum atomic E-state index is 12.0. The van der Waals surface area contributed by atoms with E-state index in [9.17, 15) is 14.4 Å². The van der Waals surface area contributed by atoms with Gasteiger partial charge in [0.1, 0.15) is 6.04 Å². The number of carbonyl (C=O) groups excluding carboxylic acids is 3. The molecule has 1 aliphatic rings. The number of hydrogen-bond acceptors (Lipinski definition) is 4. The quantitative estimate of drug-likeness (QED) is 0.682. The SMILES string of the molecule is CN(CCCc1cnn(C)c1)C(=O)CC[C@@H]1NC(=O)NC1=O. The van der Waals surface area contributed by atoms with Crippen LogP contribution in [0.2, 0.25) is 0 Å². The molecule has 2 rings (SSSR count). The van der Waals surface area contributed by atoms with Crippen molar-refractivity contribution in [2.75, 3.05) is 13.6 Å². The van der Waals surface area contributed by atoms with E-state index in [2.05, 4.69) is 15.7 Å². The van der Waals surface area contributed by atoms with Crippen LogP contribution in [0.5, 0.6) is 0 Å². The molecule has 0 unspecified atom stereocenters. The minimum absolute atomic E-state index is 0.0277. The lowest BCUT2D eigenvalue weighted by Crippen LogP contribution is -2.33. The van der Waals surface area contributed by atoms with Gasteiger partial charge in [0.05, 0.1) is 6.20 Å². The van der Waals surface area contributed by atoms with Gasteiger partial charge >= 0.3 is 6.03 Å². The second kappa shape index (κ2) is 7.06. The predicted molar refractivity (Wildman–Crippen MR) is 78.9 cm³/mol. The van der Waals surface area contributed by atoms with E-state index in [1.807, 2.05) is 19.4 Å². The van der Waals surface area contributed by atoms with Gasteiger partial charge in [0, 0.05) is 33.3 Å². The van der Waals surface area contributed by atoms with Crippen LogP contribution in [0.1, 0.15) is 24.8 Å². The maximum Gasteiger partial charge on any atom is 0.322 e. The first kappa shape index (κ1) is 16.0. The Bertz CT molecular complexity index is 569. The van der Waals surface area contributed by atoms with Crippen LogP contribution in [0, 0.1) is 0 Å². The van der Waals surface area contributed by atoms with Crippen molar-refractivity contribution in [3.05, 3.63) is 18.0 Å². The van der Waals surface area contributed by atoms with Crippen LogP contribution in [-0.2, 0) is 23.1 Å². The molecule has 0 aliphatic carbocycles. The lowest BCUT2D eigenvalue weighted by Gasteiger charge is -2.17. The molecule has 0 aromatic carbocycles. The lowest BCUT2D eigenvalue weighted by molar-refractivity contribution is -0.130. The van der Waals surface area contributed by atoms with Crippen molar-refractivity contribution in [3.8, 4) is 0 Å². The lowest BCUT2D eigenvalue weighted by atomic mass is 10.1. The van der Waals surface area contributed by atoms with Crippen molar-refractivity contribution in [2.24, 2.45) is 7.05 Å². The molecule has 1 atom stereocenters. The first-order valence-electron chi connectivity index (χ1n) is 7.28. The molecule has 0 radical (unpaired) electrons. The number of hydrogen-bond donors (Lipinski definition) is 2. The monoisotopic (exact) mass is 307 g/mol. The first-order valence-corrected chi connectivity index (χ1v) is 7.28. The molecular formula is C14H21N5O3. The fraction of sp³-hybridized carbons (Fsp3) is 0.571. The Morgan fingerprint density at radius 1 is 1.45 bits per heavy atom. The number of urea groups is 1. The summed E-state index contributed by atoms with van der Waals surface area (Å²) >= 11 is 0. The van der Waals surface area contributed by atoms with Crippen LogP contribution in [0.3, 0.4) is 0 Å². The molecule has 0 bridgehead atoms. The highest BCUT2D eigenvalue weighted by Crippen LogP contribution is 2.06. The summed E-state index contributed by atoms with van der Waals surface area (Å²) in [6.45, 7) is 0.650. The molecule has 120 valence electrons. The van der Waals surface area contributed by atoms with E-state index >= 15 is 0 Å². The van der Waals surface area contributed by atoms with E-state index in [0.29, 0.717) is 13.0 Å². The smallest absolute Gasteiger partial charge is 0.322 e. The highest BCUT2D eigenvalue weighted by atomic mass is 16.2. The first-order chi connectivity index (χ1) is 10.5. The number of imide groups is 1. The predicted octanol–water partition coefficient (Wildman–Crippen LogP) is -0.201. The van der Waals surface area contributed by atoms with Gasteiger partial charge in [-0.3, -0.25) is 19.6 Å². The van der Waals surface area contributed by atoms with Gasteiger partial charge in [-0.1, -0.05) is 0 Å². The molecule has 1 aromatic heterocycles. The van der Waals surface area contributed by atoms with Crippen LogP contribution < -0.4 is 10.6 Å². The fourth-order valence-electron chi connectivity index (χ4n) is 2.37. The topological polar surface area (TPSA) is 96.3 Å². The third-order valence-corrected chi connectivity index (χ3v) is 3.65. The van der Waals surface area contributed by atoms with Gasteiger partial charge < -0.3 is 10.2 Å².